The Balaban J connectivity index is 1.85. The van der Waals surface area contributed by atoms with E-state index in [1.54, 1.807) is 11.8 Å². The average Bonchev–Trinajstić information content (AvgIpc) is 2.91. The third kappa shape index (κ3) is 2.90. The molecule has 2 aliphatic rings. The van der Waals surface area contributed by atoms with Crippen molar-refractivity contribution < 1.29 is 0 Å². The van der Waals surface area contributed by atoms with Gasteiger partial charge in [-0.3, -0.25) is 0 Å². The molecule has 0 radical (unpaired) electrons. The molecule has 0 aliphatic carbocycles. The van der Waals surface area contributed by atoms with Crippen molar-refractivity contribution in [1.82, 2.24) is 9.47 Å². The molecule has 0 amide bonds. The number of likely N-dealkylation sites (tertiary alicyclic amines) is 1. The first kappa shape index (κ1) is 15.2. The summed E-state index contributed by atoms with van der Waals surface area (Å²) in [5.74, 6) is 1.12. The molecule has 0 unspecified atom stereocenters. The van der Waals surface area contributed by atoms with Gasteiger partial charge >= 0.3 is 0 Å². The van der Waals surface area contributed by atoms with Crippen molar-refractivity contribution in [1.29, 1.82) is 0 Å². The summed E-state index contributed by atoms with van der Waals surface area (Å²) >= 11 is 7.98. The van der Waals surface area contributed by atoms with Crippen molar-refractivity contribution >= 4 is 34.9 Å². The van der Waals surface area contributed by atoms with Crippen LogP contribution < -0.4 is 0 Å². The van der Waals surface area contributed by atoms with Gasteiger partial charge in [0.15, 0.2) is 5.84 Å². The number of amidine groups is 1. The molecule has 3 heterocycles. The first-order valence-electron chi connectivity index (χ1n) is 8.11. The molecule has 2 aliphatic heterocycles. The Morgan fingerprint density at radius 3 is 2.74 bits per heavy atom. The zero-order chi connectivity index (χ0) is 15.8. The Bertz CT molecular complexity index is 760. The highest BCUT2D eigenvalue weighted by atomic mass is 35.5. The summed E-state index contributed by atoms with van der Waals surface area (Å²) in [5.41, 5.74) is 3.46. The predicted molar refractivity (Wildman–Crippen MR) is 98.4 cm³/mol. The van der Waals surface area contributed by atoms with Crippen LogP contribution in [0.15, 0.2) is 40.4 Å². The summed E-state index contributed by atoms with van der Waals surface area (Å²) in [5, 5.41) is 0.777. The maximum Gasteiger partial charge on any atom is 0.153 e. The van der Waals surface area contributed by atoms with Crippen LogP contribution in [-0.4, -0.2) is 34.6 Å². The summed E-state index contributed by atoms with van der Waals surface area (Å²) in [6.07, 6.45) is 8.19. The minimum absolute atomic E-state index is 0.777. The molecule has 23 heavy (non-hydrogen) atoms. The van der Waals surface area contributed by atoms with Gasteiger partial charge in [-0.15, -0.1) is 11.8 Å². The second-order valence-electron chi connectivity index (χ2n) is 6.15. The molecule has 1 fully saturated rings. The van der Waals surface area contributed by atoms with Crippen LogP contribution in [0.25, 0.3) is 0 Å². The highest BCUT2D eigenvalue weighted by Crippen LogP contribution is 2.31. The molecule has 0 bridgehead atoms. The maximum atomic E-state index is 6.20. The molecule has 0 saturated carbocycles. The van der Waals surface area contributed by atoms with E-state index in [-0.39, 0.29) is 0 Å². The molecule has 0 atom stereocenters. The second-order valence-corrected chi connectivity index (χ2v) is 7.47. The SMILES string of the molecule is CSc1cc2n(c1)Cc1cc(Cl)ccc1N=C2N1CCCCC1. The Kier molecular flexibility index (Phi) is 4.12. The van der Waals surface area contributed by atoms with Crippen LogP contribution in [0.1, 0.15) is 30.5 Å². The van der Waals surface area contributed by atoms with Gasteiger partial charge in [0.05, 0.1) is 11.4 Å². The van der Waals surface area contributed by atoms with Crippen molar-refractivity contribution in [2.45, 2.75) is 30.7 Å². The third-order valence-electron chi connectivity index (χ3n) is 4.60. The summed E-state index contributed by atoms with van der Waals surface area (Å²) in [4.78, 5) is 8.78. The molecule has 3 nitrogen and oxygen atoms in total. The first-order valence-corrected chi connectivity index (χ1v) is 9.71. The van der Waals surface area contributed by atoms with Gasteiger partial charge in [0.25, 0.3) is 0 Å². The van der Waals surface area contributed by atoms with Crippen LogP contribution in [-0.2, 0) is 6.54 Å². The number of hydrogen-bond acceptors (Lipinski definition) is 3. The van der Waals surface area contributed by atoms with Crippen LogP contribution >= 0.6 is 23.4 Å². The predicted octanol–water partition coefficient (Wildman–Crippen LogP) is 4.79. The van der Waals surface area contributed by atoms with Crippen molar-refractivity contribution in [2.75, 3.05) is 19.3 Å². The summed E-state index contributed by atoms with van der Waals surface area (Å²) in [6.45, 7) is 3.02. The average molecular weight is 346 g/mol. The lowest BCUT2D eigenvalue weighted by Gasteiger charge is -2.29. The highest BCUT2D eigenvalue weighted by Gasteiger charge is 2.23. The fraction of sp³-hybridized carbons (Fsp3) is 0.389. The van der Waals surface area contributed by atoms with E-state index in [1.165, 1.54) is 35.4 Å². The zero-order valence-corrected chi connectivity index (χ0v) is 14.8. The minimum atomic E-state index is 0.777. The van der Waals surface area contributed by atoms with E-state index in [0.29, 0.717) is 0 Å². The summed E-state index contributed by atoms with van der Waals surface area (Å²) in [6, 6.07) is 8.29. The topological polar surface area (TPSA) is 20.5 Å². The van der Waals surface area contributed by atoms with Crippen molar-refractivity contribution in [3.63, 3.8) is 0 Å². The van der Waals surface area contributed by atoms with Gasteiger partial charge in [-0.05, 0) is 55.3 Å². The van der Waals surface area contributed by atoms with E-state index in [4.69, 9.17) is 16.6 Å². The fourth-order valence-corrected chi connectivity index (χ4v) is 4.05. The van der Waals surface area contributed by atoms with Gasteiger partial charge in [0.1, 0.15) is 0 Å². The normalized spacial score (nSPS) is 17.3. The van der Waals surface area contributed by atoms with E-state index >= 15 is 0 Å². The summed E-state index contributed by atoms with van der Waals surface area (Å²) < 4.78 is 2.32. The van der Waals surface area contributed by atoms with Gasteiger partial charge < -0.3 is 9.47 Å². The highest BCUT2D eigenvalue weighted by molar-refractivity contribution is 7.98. The van der Waals surface area contributed by atoms with Crippen LogP contribution in [0.3, 0.4) is 0 Å². The molecule has 1 aromatic heterocycles. The number of halogens is 1. The number of piperidine rings is 1. The number of hydrogen-bond donors (Lipinski definition) is 0. The van der Waals surface area contributed by atoms with Crippen LogP contribution in [0.2, 0.25) is 5.02 Å². The molecular weight excluding hydrogens is 326 g/mol. The van der Waals surface area contributed by atoms with Crippen LogP contribution in [0, 0.1) is 0 Å². The number of nitrogens with zero attached hydrogens (tertiary/aromatic N) is 3. The number of aromatic nitrogens is 1. The van der Waals surface area contributed by atoms with Crippen LogP contribution in [0.4, 0.5) is 5.69 Å². The monoisotopic (exact) mass is 345 g/mol. The molecule has 4 rings (SSSR count). The Morgan fingerprint density at radius 2 is 1.96 bits per heavy atom. The maximum absolute atomic E-state index is 6.20. The lowest BCUT2D eigenvalue weighted by molar-refractivity contribution is 0.342. The van der Waals surface area contributed by atoms with Gasteiger partial charge in [-0.1, -0.05) is 11.6 Å². The Morgan fingerprint density at radius 1 is 1.13 bits per heavy atom. The first-order chi connectivity index (χ1) is 11.2. The van der Waals surface area contributed by atoms with Gasteiger partial charge in [0, 0.05) is 35.7 Å². The van der Waals surface area contributed by atoms with Crippen molar-refractivity contribution in [3.05, 3.63) is 46.7 Å². The molecular formula is C18H20ClN3S. The molecule has 0 N–H and O–H groups in total. The number of aliphatic imine (C=N–C) groups is 1. The smallest absolute Gasteiger partial charge is 0.153 e. The molecule has 5 heteroatoms. The lowest BCUT2D eigenvalue weighted by Crippen LogP contribution is -2.37. The van der Waals surface area contributed by atoms with Gasteiger partial charge in [-0.2, -0.15) is 0 Å². The van der Waals surface area contributed by atoms with E-state index in [9.17, 15) is 0 Å². The minimum Gasteiger partial charge on any atom is -0.355 e. The lowest BCUT2D eigenvalue weighted by atomic mass is 10.1. The molecule has 120 valence electrons. The standard InChI is InChI=1S/C18H20ClN3S/c1-23-15-10-17-18(21-7-3-2-4-8-21)20-16-6-5-14(19)9-13(16)11-22(17)12-15/h5-6,9-10,12H,2-4,7-8,11H2,1H3. The van der Waals surface area contributed by atoms with Gasteiger partial charge in [-0.25, -0.2) is 4.99 Å². The van der Waals surface area contributed by atoms with Gasteiger partial charge in [0.2, 0.25) is 0 Å². The third-order valence-corrected chi connectivity index (χ3v) is 5.53. The molecule has 1 saturated heterocycles. The number of thioether (sulfide) groups is 1. The number of rotatable bonds is 1. The zero-order valence-electron chi connectivity index (χ0n) is 13.3. The summed E-state index contributed by atoms with van der Waals surface area (Å²) in [7, 11) is 0. The van der Waals surface area contributed by atoms with E-state index in [0.717, 1.165) is 36.2 Å². The second kappa shape index (κ2) is 6.25. The van der Waals surface area contributed by atoms with E-state index < -0.39 is 0 Å². The van der Waals surface area contributed by atoms with Crippen molar-refractivity contribution in [2.24, 2.45) is 4.99 Å². The molecule has 0 spiro atoms. The molecule has 2 aromatic rings. The van der Waals surface area contributed by atoms with Crippen LogP contribution in [0.5, 0.6) is 0 Å². The van der Waals surface area contributed by atoms with E-state index in [1.807, 2.05) is 18.2 Å². The fourth-order valence-electron chi connectivity index (χ4n) is 3.40. The van der Waals surface area contributed by atoms with E-state index in [2.05, 4.69) is 28.0 Å². The number of fused-ring (bicyclic) bond motifs is 2. The molecule has 1 aromatic carbocycles. The largest absolute Gasteiger partial charge is 0.355 e. The quantitative estimate of drug-likeness (QED) is 0.693. The number of benzene rings is 1. The Labute approximate surface area is 146 Å². The Hall–Kier alpha value is -1.39. The van der Waals surface area contributed by atoms with Crippen molar-refractivity contribution in [3.8, 4) is 0 Å².